The van der Waals surface area contributed by atoms with E-state index in [2.05, 4.69) is 101 Å². The Morgan fingerprint density at radius 2 is 0.957 bits per heavy atom. The van der Waals surface area contributed by atoms with Gasteiger partial charge in [0.2, 0.25) is 0 Å². The fourth-order valence-electron chi connectivity index (χ4n) is 3.06. The molecule has 0 aliphatic carbocycles. The van der Waals surface area contributed by atoms with E-state index in [1.165, 1.54) is 10.7 Å². The van der Waals surface area contributed by atoms with Crippen LogP contribution in [0.5, 0.6) is 0 Å². The van der Waals surface area contributed by atoms with Crippen LogP contribution in [0.2, 0.25) is 0 Å². The Morgan fingerprint density at radius 3 is 1.26 bits per heavy atom. The molecule has 3 rings (SSSR count). The molecule has 0 spiro atoms. The SMILES string of the molecule is CC=C=[CH][Sn]([c]1ccccc1)([c]1ccccc1)[c]1ccccc1. The van der Waals surface area contributed by atoms with E-state index < -0.39 is 18.4 Å². The summed E-state index contributed by atoms with van der Waals surface area (Å²) in [6, 6.07) is 32.9. The number of hydrogen-bond acceptors (Lipinski definition) is 0. The molecule has 0 aromatic heterocycles. The van der Waals surface area contributed by atoms with Crippen molar-refractivity contribution in [2.75, 3.05) is 0 Å². The van der Waals surface area contributed by atoms with Crippen LogP contribution in [0.4, 0.5) is 0 Å². The van der Waals surface area contributed by atoms with E-state index in [4.69, 9.17) is 0 Å². The third kappa shape index (κ3) is 3.19. The van der Waals surface area contributed by atoms with Crippen LogP contribution >= 0.6 is 0 Å². The number of rotatable bonds is 4. The molecule has 112 valence electrons. The van der Waals surface area contributed by atoms with Crippen molar-refractivity contribution in [2.45, 2.75) is 6.92 Å². The topological polar surface area (TPSA) is 0 Å². The van der Waals surface area contributed by atoms with Gasteiger partial charge < -0.3 is 0 Å². The predicted molar refractivity (Wildman–Crippen MR) is 102 cm³/mol. The zero-order valence-corrected chi connectivity index (χ0v) is 16.2. The van der Waals surface area contributed by atoms with Crippen molar-refractivity contribution >= 4 is 29.1 Å². The molecule has 0 aliphatic rings. The molecule has 0 amide bonds. The van der Waals surface area contributed by atoms with Crippen molar-refractivity contribution in [3.63, 3.8) is 0 Å². The van der Waals surface area contributed by atoms with Crippen LogP contribution < -0.4 is 10.7 Å². The monoisotopic (exact) mass is 404 g/mol. The Morgan fingerprint density at radius 1 is 0.609 bits per heavy atom. The van der Waals surface area contributed by atoms with Gasteiger partial charge in [-0.15, -0.1) is 0 Å². The van der Waals surface area contributed by atoms with Crippen LogP contribution in [0.3, 0.4) is 0 Å². The molecule has 1 heteroatoms. The molecule has 0 saturated carbocycles. The second-order valence-electron chi connectivity index (χ2n) is 5.51. The van der Waals surface area contributed by atoms with E-state index >= 15 is 0 Å². The zero-order chi connectivity index (χ0) is 16.0. The zero-order valence-electron chi connectivity index (χ0n) is 13.3. The van der Waals surface area contributed by atoms with Crippen molar-refractivity contribution in [2.24, 2.45) is 0 Å². The Bertz CT molecular complexity index is 702. The molecule has 0 bridgehead atoms. The van der Waals surface area contributed by atoms with E-state index in [0.717, 1.165) is 0 Å². The van der Waals surface area contributed by atoms with Gasteiger partial charge in [0.05, 0.1) is 0 Å². The number of allylic oxidation sites excluding steroid dienone is 1. The fraction of sp³-hybridized carbons (Fsp3) is 0.0455. The molecule has 0 saturated heterocycles. The quantitative estimate of drug-likeness (QED) is 0.463. The summed E-state index contributed by atoms with van der Waals surface area (Å²) in [5, 5.41) is 0. The van der Waals surface area contributed by atoms with Crippen molar-refractivity contribution in [3.8, 4) is 0 Å². The third-order valence-corrected chi connectivity index (χ3v) is 16.5. The minimum absolute atomic E-state index is 1.45. The summed E-state index contributed by atoms with van der Waals surface area (Å²) in [5.74, 6) is 0. The van der Waals surface area contributed by atoms with Gasteiger partial charge in [-0.2, -0.15) is 0 Å². The molecular weight excluding hydrogens is 383 g/mol. The van der Waals surface area contributed by atoms with Crippen LogP contribution in [0.15, 0.2) is 107 Å². The molecule has 0 aliphatic heterocycles. The molecule has 3 aromatic rings. The Labute approximate surface area is 142 Å². The average molecular weight is 403 g/mol. The van der Waals surface area contributed by atoms with Crippen LogP contribution in [-0.2, 0) is 0 Å². The van der Waals surface area contributed by atoms with Crippen LogP contribution in [0.1, 0.15) is 6.92 Å². The first-order valence-corrected chi connectivity index (χ1v) is 13.9. The summed E-state index contributed by atoms with van der Waals surface area (Å²) >= 11 is -3.17. The van der Waals surface area contributed by atoms with Crippen LogP contribution in [-0.4, -0.2) is 18.4 Å². The van der Waals surface area contributed by atoms with Crippen molar-refractivity contribution < 1.29 is 0 Å². The van der Waals surface area contributed by atoms with Crippen LogP contribution in [0.25, 0.3) is 0 Å². The van der Waals surface area contributed by atoms with Crippen molar-refractivity contribution in [3.05, 3.63) is 107 Å². The van der Waals surface area contributed by atoms with Gasteiger partial charge in [-0.1, -0.05) is 0 Å². The average Bonchev–Trinajstić information content (AvgIpc) is 2.65. The Balaban J connectivity index is 2.37. The summed E-state index contributed by atoms with van der Waals surface area (Å²) < 4.78 is 6.74. The molecule has 23 heavy (non-hydrogen) atoms. The number of hydrogen-bond donors (Lipinski definition) is 0. The molecule has 0 unspecified atom stereocenters. The summed E-state index contributed by atoms with van der Waals surface area (Å²) in [6.07, 6.45) is 2.01. The molecule has 3 aromatic carbocycles. The van der Waals surface area contributed by atoms with E-state index in [9.17, 15) is 0 Å². The molecule has 0 heterocycles. The Hall–Kier alpha value is -2.02. The minimum atomic E-state index is -3.17. The maximum atomic E-state index is 3.43. The van der Waals surface area contributed by atoms with Gasteiger partial charge in [0.1, 0.15) is 0 Å². The first kappa shape index (κ1) is 15.9. The van der Waals surface area contributed by atoms with Crippen molar-refractivity contribution in [1.29, 1.82) is 0 Å². The van der Waals surface area contributed by atoms with E-state index in [0.29, 0.717) is 0 Å². The standard InChI is InChI=1S/3C6H5.C4H5.Sn/c3*1-2-4-6-5-3-1;1-3-4-2;/h3*1-5H;1,4H,2H3;. The second kappa shape index (κ2) is 7.50. The number of benzene rings is 3. The first-order valence-electron chi connectivity index (χ1n) is 7.93. The van der Waals surface area contributed by atoms with Gasteiger partial charge in [-0.05, 0) is 0 Å². The fourth-order valence-corrected chi connectivity index (χ4v) is 14.7. The molecule has 0 atom stereocenters. The van der Waals surface area contributed by atoms with Crippen molar-refractivity contribution in [1.82, 2.24) is 0 Å². The second-order valence-corrected chi connectivity index (χ2v) is 15.9. The third-order valence-electron chi connectivity index (χ3n) is 4.15. The van der Waals surface area contributed by atoms with E-state index in [-0.39, 0.29) is 0 Å². The molecule has 0 N–H and O–H groups in total. The predicted octanol–water partition coefficient (Wildman–Crippen LogP) is 3.43. The van der Waals surface area contributed by atoms with E-state index in [1.807, 2.05) is 13.0 Å². The Kier molecular flexibility index (Phi) is 5.17. The first-order chi connectivity index (χ1) is 11.4. The molecule has 0 radical (unpaired) electrons. The maximum absolute atomic E-state index is 3.43. The van der Waals surface area contributed by atoms with Crippen LogP contribution in [0, 0.1) is 0 Å². The molecular formula is C22H20Sn. The van der Waals surface area contributed by atoms with Gasteiger partial charge in [0.25, 0.3) is 0 Å². The van der Waals surface area contributed by atoms with Gasteiger partial charge >= 0.3 is 143 Å². The summed E-state index contributed by atoms with van der Waals surface area (Å²) in [5.41, 5.74) is 3.43. The molecule has 0 nitrogen and oxygen atoms in total. The summed E-state index contributed by atoms with van der Waals surface area (Å²) in [6.45, 7) is 2.04. The van der Waals surface area contributed by atoms with Gasteiger partial charge in [-0.25, -0.2) is 0 Å². The summed E-state index contributed by atoms with van der Waals surface area (Å²) in [7, 11) is 0. The van der Waals surface area contributed by atoms with Gasteiger partial charge in [-0.3, -0.25) is 0 Å². The van der Waals surface area contributed by atoms with E-state index in [1.54, 1.807) is 0 Å². The summed E-state index contributed by atoms with van der Waals surface area (Å²) in [4.78, 5) is 0. The molecule has 0 fully saturated rings. The van der Waals surface area contributed by atoms with Gasteiger partial charge in [0.15, 0.2) is 0 Å². The van der Waals surface area contributed by atoms with Gasteiger partial charge in [0, 0.05) is 0 Å². The normalized spacial score (nSPS) is 10.7.